The average Bonchev–Trinajstić information content (AvgIpc) is 3.36. The second-order valence-corrected chi connectivity index (χ2v) is 9.13. The van der Waals surface area contributed by atoms with E-state index in [1.807, 2.05) is 29.0 Å². The molecule has 0 saturated heterocycles. The van der Waals surface area contributed by atoms with Gasteiger partial charge in [0.05, 0.1) is 11.4 Å². The molecule has 1 aliphatic rings. The van der Waals surface area contributed by atoms with Gasteiger partial charge in [0.15, 0.2) is 0 Å². The minimum atomic E-state index is 0.0687. The number of carbonyl (C=O) groups excluding carboxylic acids is 2. The number of hydrogen-bond donors (Lipinski definition) is 1. The van der Waals surface area contributed by atoms with Gasteiger partial charge in [-0.2, -0.15) is 11.3 Å². The van der Waals surface area contributed by atoms with Crippen molar-refractivity contribution in [2.24, 2.45) is 11.8 Å². The van der Waals surface area contributed by atoms with Crippen molar-refractivity contribution in [1.82, 2.24) is 5.32 Å². The van der Waals surface area contributed by atoms with E-state index in [4.69, 9.17) is 0 Å². The monoisotopic (exact) mass is 389 g/mol. The molecule has 3 rings (SSSR count). The summed E-state index contributed by atoms with van der Waals surface area (Å²) in [5.74, 6) is 1.24. The number of unbranched alkanes of at least 4 members (excludes halogenated alkanes) is 1. The number of ketones is 1. The number of rotatable bonds is 8. The van der Waals surface area contributed by atoms with E-state index in [1.165, 1.54) is 54.8 Å². The van der Waals surface area contributed by atoms with Gasteiger partial charge in [-0.1, -0.05) is 26.2 Å². The molecule has 0 radical (unpaired) electrons. The summed E-state index contributed by atoms with van der Waals surface area (Å²) in [4.78, 5) is 26.6. The molecule has 0 unspecified atom stereocenters. The van der Waals surface area contributed by atoms with Crippen molar-refractivity contribution < 1.29 is 9.59 Å². The summed E-state index contributed by atoms with van der Waals surface area (Å²) in [5.41, 5.74) is 0.743. The van der Waals surface area contributed by atoms with Crippen molar-refractivity contribution in [2.75, 3.05) is 0 Å². The third kappa shape index (κ3) is 5.04. The molecular weight excluding hydrogens is 362 g/mol. The summed E-state index contributed by atoms with van der Waals surface area (Å²) in [6.45, 7) is 2.76. The molecule has 2 aromatic rings. The lowest BCUT2D eigenvalue weighted by molar-refractivity contribution is -0.126. The zero-order chi connectivity index (χ0) is 18.4. The molecule has 26 heavy (non-hydrogen) atoms. The van der Waals surface area contributed by atoms with Crippen molar-refractivity contribution in [1.29, 1.82) is 0 Å². The highest BCUT2D eigenvalue weighted by Crippen LogP contribution is 2.32. The van der Waals surface area contributed by atoms with E-state index in [0.29, 0.717) is 6.54 Å². The van der Waals surface area contributed by atoms with Crippen LogP contribution in [0.1, 0.15) is 72.0 Å². The van der Waals surface area contributed by atoms with Crippen LogP contribution in [0.25, 0.3) is 0 Å². The van der Waals surface area contributed by atoms with Gasteiger partial charge < -0.3 is 5.32 Å². The lowest BCUT2D eigenvalue weighted by Crippen LogP contribution is -2.32. The van der Waals surface area contributed by atoms with Crippen LogP contribution >= 0.6 is 22.7 Å². The van der Waals surface area contributed by atoms with Crippen LogP contribution in [0.3, 0.4) is 0 Å². The fraction of sp³-hybridized carbons (Fsp3) is 0.524. The predicted molar refractivity (Wildman–Crippen MR) is 109 cm³/mol. The van der Waals surface area contributed by atoms with Crippen LogP contribution in [-0.2, 0) is 11.3 Å². The first kappa shape index (κ1) is 19.3. The summed E-state index contributed by atoms with van der Waals surface area (Å²) in [7, 11) is 0. The van der Waals surface area contributed by atoms with E-state index in [9.17, 15) is 9.59 Å². The number of hydrogen-bond acceptors (Lipinski definition) is 4. The standard InChI is InChI=1S/C21H27NO2S2/c1-2-3-4-15-5-7-16(8-6-15)21(24)22-13-18-9-10-19(26-18)20(23)17-11-12-25-14-17/h9-12,14-16H,2-8,13H2,1H3,(H,22,24). The van der Waals surface area contributed by atoms with E-state index in [0.717, 1.165) is 34.1 Å². The second kappa shape index (κ2) is 9.47. The van der Waals surface area contributed by atoms with Gasteiger partial charge in [0.1, 0.15) is 0 Å². The third-order valence-corrected chi connectivity index (χ3v) is 7.06. The topological polar surface area (TPSA) is 46.2 Å². The maximum absolute atomic E-state index is 12.4. The summed E-state index contributed by atoms with van der Waals surface area (Å²) in [6.07, 6.45) is 8.32. The fourth-order valence-corrected chi connectivity index (χ4v) is 5.20. The molecule has 0 aromatic carbocycles. The summed E-state index contributed by atoms with van der Waals surface area (Å²) in [6, 6.07) is 5.67. The Kier molecular flexibility index (Phi) is 7.03. The first-order valence-corrected chi connectivity index (χ1v) is 11.4. The largest absolute Gasteiger partial charge is 0.351 e. The molecule has 0 bridgehead atoms. The van der Waals surface area contributed by atoms with Gasteiger partial charge in [-0.15, -0.1) is 11.3 Å². The van der Waals surface area contributed by atoms with E-state index < -0.39 is 0 Å². The second-order valence-electron chi connectivity index (χ2n) is 7.18. The molecule has 1 saturated carbocycles. The maximum atomic E-state index is 12.4. The van der Waals surface area contributed by atoms with Crippen molar-refractivity contribution in [2.45, 2.75) is 58.4 Å². The minimum absolute atomic E-state index is 0.0687. The predicted octanol–water partition coefficient (Wildman–Crippen LogP) is 5.65. The van der Waals surface area contributed by atoms with E-state index in [1.54, 1.807) is 0 Å². The molecule has 2 aromatic heterocycles. The SMILES string of the molecule is CCCCC1CCC(C(=O)NCc2ccc(C(=O)c3ccsc3)s2)CC1. The molecule has 1 amide bonds. The number of carbonyl (C=O) groups is 2. The highest BCUT2D eigenvalue weighted by molar-refractivity contribution is 7.14. The molecule has 1 N–H and O–H groups in total. The van der Waals surface area contributed by atoms with Crippen molar-refractivity contribution in [3.8, 4) is 0 Å². The molecular formula is C21H27NO2S2. The Morgan fingerprint density at radius 1 is 1.15 bits per heavy atom. The molecule has 3 nitrogen and oxygen atoms in total. The van der Waals surface area contributed by atoms with Crippen LogP contribution in [0.5, 0.6) is 0 Å². The molecule has 0 atom stereocenters. The zero-order valence-electron chi connectivity index (χ0n) is 15.3. The van der Waals surface area contributed by atoms with Crippen LogP contribution in [-0.4, -0.2) is 11.7 Å². The summed E-state index contributed by atoms with van der Waals surface area (Å²) >= 11 is 3.01. The number of amides is 1. The fourth-order valence-electron chi connectivity index (χ4n) is 3.66. The lowest BCUT2D eigenvalue weighted by atomic mass is 9.79. The molecule has 140 valence electrons. The van der Waals surface area contributed by atoms with Crippen molar-refractivity contribution in [3.63, 3.8) is 0 Å². The average molecular weight is 390 g/mol. The van der Waals surface area contributed by atoms with E-state index in [2.05, 4.69) is 12.2 Å². The normalized spacial score (nSPS) is 20.0. The molecule has 5 heteroatoms. The third-order valence-electron chi connectivity index (χ3n) is 5.29. The van der Waals surface area contributed by atoms with Gasteiger partial charge in [0.25, 0.3) is 0 Å². The van der Waals surface area contributed by atoms with Gasteiger partial charge in [-0.3, -0.25) is 9.59 Å². The Labute approximate surface area is 163 Å². The van der Waals surface area contributed by atoms with Crippen LogP contribution in [0.15, 0.2) is 29.0 Å². The highest BCUT2D eigenvalue weighted by atomic mass is 32.1. The minimum Gasteiger partial charge on any atom is -0.351 e. The molecule has 1 aliphatic carbocycles. The number of nitrogens with one attached hydrogen (secondary N) is 1. The van der Waals surface area contributed by atoms with E-state index in [-0.39, 0.29) is 17.6 Å². The number of thiophene rings is 2. The highest BCUT2D eigenvalue weighted by Gasteiger charge is 2.25. The smallest absolute Gasteiger partial charge is 0.223 e. The van der Waals surface area contributed by atoms with Crippen LogP contribution in [0.2, 0.25) is 0 Å². The van der Waals surface area contributed by atoms with Crippen LogP contribution in [0.4, 0.5) is 0 Å². The Balaban J connectivity index is 1.45. The molecule has 0 spiro atoms. The first-order valence-electron chi connectivity index (χ1n) is 9.60. The quantitative estimate of drug-likeness (QED) is 0.593. The summed E-state index contributed by atoms with van der Waals surface area (Å²) in [5, 5.41) is 6.87. The van der Waals surface area contributed by atoms with Crippen molar-refractivity contribution >= 4 is 34.4 Å². The Morgan fingerprint density at radius 2 is 1.96 bits per heavy atom. The first-order chi connectivity index (χ1) is 12.7. The maximum Gasteiger partial charge on any atom is 0.223 e. The molecule has 0 aliphatic heterocycles. The van der Waals surface area contributed by atoms with Crippen LogP contribution in [0, 0.1) is 11.8 Å². The van der Waals surface area contributed by atoms with Crippen LogP contribution < -0.4 is 5.32 Å². The Hall–Kier alpha value is -1.46. The van der Waals surface area contributed by atoms with Gasteiger partial charge in [-0.25, -0.2) is 0 Å². The lowest BCUT2D eigenvalue weighted by Gasteiger charge is -2.27. The van der Waals surface area contributed by atoms with Gasteiger partial charge >= 0.3 is 0 Å². The van der Waals surface area contributed by atoms with Crippen molar-refractivity contribution in [3.05, 3.63) is 44.3 Å². The van der Waals surface area contributed by atoms with Gasteiger partial charge in [0, 0.05) is 21.7 Å². The molecule has 1 fully saturated rings. The zero-order valence-corrected chi connectivity index (χ0v) is 17.0. The van der Waals surface area contributed by atoms with Gasteiger partial charge in [0.2, 0.25) is 11.7 Å². The van der Waals surface area contributed by atoms with Gasteiger partial charge in [-0.05, 0) is 55.2 Å². The Morgan fingerprint density at radius 3 is 2.65 bits per heavy atom. The summed E-state index contributed by atoms with van der Waals surface area (Å²) < 4.78 is 0. The van der Waals surface area contributed by atoms with E-state index >= 15 is 0 Å². The Bertz CT molecular complexity index is 712. The molecule has 2 heterocycles.